The molecule has 0 aliphatic heterocycles. The minimum absolute atomic E-state index is 0.793. The van der Waals surface area contributed by atoms with Crippen LogP contribution in [0.15, 0.2) is 35.7 Å². The van der Waals surface area contributed by atoms with Crippen LogP contribution in [0.2, 0.25) is 5.02 Å². The highest BCUT2D eigenvalue weighted by molar-refractivity contribution is 7.09. The van der Waals surface area contributed by atoms with Crippen LogP contribution in [-0.2, 0) is 13.1 Å². The summed E-state index contributed by atoms with van der Waals surface area (Å²) in [6.07, 6.45) is 0. The third-order valence-corrected chi connectivity index (χ3v) is 4.15. The second-order valence-electron chi connectivity index (χ2n) is 4.40. The zero-order chi connectivity index (χ0) is 13.7. The first-order chi connectivity index (χ1) is 9.24. The molecular formula is C15H19ClN2S. The van der Waals surface area contributed by atoms with Gasteiger partial charge in [-0.3, -0.25) is 0 Å². The average molecular weight is 295 g/mol. The highest BCUT2D eigenvalue weighted by atomic mass is 35.5. The molecule has 0 spiro atoms. The van der Waals surface area contributed by atoms with Crippen LogP contribution in [0.3, 0.4) is 0 Å². The molecule has 102 valence electrons. The Hall–Kier alpha value is -1.03. The van der Waals surface area contributed by atoms with Crippen LogP contribution >= 0.6 is 22.9 Å². The summed E-state index contributed by atoms with van der Waals surface area (Å²) in [5, 5.41) is 6.12. The van der Waals surface area contributed by atoms with Gasteiger partial charge in [0.15, 0.2) is 0 Å². The molecule has 0 amide bonds. The predicted octanol–water partition coefficient (Wildman–Crippen LogP) is 4.15. The summed E-state index contributed by atoms with van der Waals surface area (Å²) >= 11 is 7.90. The van der Waals surface area contributed by atoms with E-state index >= 15 is 0 Å². The summed E-state index contributed by atoms with van der Waals surface area (Å²) in [4.78, 5) is 3.77. The van der Waals surface area contributed by atoms with Crippen molar-refractivity contribution < 1.29 is 0 Å². The topological polar surface area (TPSA) is 15.3 Å². The Morgan fingerprint density at radius 2 is 2.16 bits per heavy atom. The van der Waals surface area contributed by atoms with E-state index in [1.165, 1.54) is 16.1 Å². The first-order valence-corrected chi connectivity index (χ1v) is 7.70. The summed E-state index contributed by atoms with van der Waals surface area (Å²) in [6, 6.07) is 10.4. The largest absolute Gasteiger partial charge is 0.366 e. The van der Waals surface area contributed by atoms with Crippen molar-refractivity contribution in [1.29, 1.82) is 0 Å². The zero-order valence-corrected chi connectivity index (χ0v) is 12.9. The second-order valence-corrected chi connectivity index (χ2v) is 5.87. The quantitative estimate of drug-likeness (QED) is 0.861. The Morgan fingerprint density at radius 3 is 2.79 bits per heavy atom. The molecule has 0 saturated carbocycles. The van der Waals surface area contributed by atoms with Gasteiger partial charge >= 0.3 is 0 Å². The van der Waals surface area contributed by atoms with Crippen molar-refractivity contribution in [2.75, 3.05) is 18.5 Å². The number of nitrogens with zero attached hydrogens (tertiary/aromatic N) is 1. The average Bonchev–Trinajstić information content (AvgIpc) is 2.90. The van der Waals surface area contributed by atoms with Gasteiger partial charge in [-0.1, -0.05) is 17.7 Å². The third-order valence-electron chi connectivity index (χ3n) is 3.06. The van der Waals surface area contributed by atoms with Crippen LogP contribution in [0, 0.1) is 0 Å². The Kier molecular flexibility index (Phi) is 5.25. The van der Waals surface area contributed by atoms with E-state index in [2.05, 4.69) is 40.7 Å². The summed E-state index contributed by atoms with van der Waals surface area (Å²) in [6.45, 7) is 4.95. The Balaban J connectivity index is 2.26. The Bertz CT molecular complexity index is 511. The first-order valence-electron chi connectivity index (χ1n) is 6.45. The fourth-order valence-electron chi connectivity index (χ4n) is 2.15. The number of halogens is 1. The number of benzene rings is 1. The van der Waals surface area contributed by atoms with Gasteiger partial charge in [0.1, 0.15) is 0 Å². The van der Waals surface area contributed by atoms with Crippen LogP contribution < -0.4 is 10.2 Å². The number of anilines is 1. The number of nitrogens with one attached hydrogen (secondary N) is 1. The summed E-state index contributed by atoms with van der Waals surface area (Å²) in [5.41, 5.74) is 2.50. The molecule has 2 nitrogen and oxygen atoms in total. The van der Waals surface area contributed by atoms with E-state index < -0.39 is 0 Å². The van der Waals surface area contributed by atoms with E-state index in [4.69, 9.17) is 11.6 Å². The molecule has 1 heterocycles. The lowest BCUT2D eigenvalue weighted by atomic mass is 10.1. The van der Waals surface area contributed by atoms with Crippen LogP contribution in [0.4, 0.5) is 5.69 Å². The minimum atomic E-state index is 0.793. The molecule has 4 heteroatoms. The van der Waals surface area contributed by atoms with E-state index in [0.29, 0.717) is 0 Å². The maximum absolute atomic E-state index is 6.10. The molecule has 1 aromatic heterocycles. The molecule has 0 unspecified atom stereocenters. The van der Waals surface area contributed by atoms with Gasteiger partial charge in [0, 0.05) is 28.7 Å². The van der Waals surface area contributed by atoms with Gasteiger partial charge in [-0.25, -0.2) is 0 Å². The van der Waals surface area contributed by atoms with Crippen molar-refractivity contribution >= 4 is 28.6 Å². The highest BCUT2D eigenvalue weighted by Crippen LogP contribution is 2.26. The van der Waals surface area contributed by atoms with Crippen LogP contribution in [0.5, 0.6) is 0 Å². The van der Waals surface area contributed by atoms with Crippen molar-refractivity contribution in [3.05, 3.63) is 51.2 Å². The molecular weight excluding hydrogens is 276 g/mol. The molecule has 0 aliphatic carbocycles. The van der Waals surface area contributed by atoms with Crippen molar-refractivity contribution in [2.45, 2.75) is 20.0 Å². The van der Waals surface area contributed by atoms with E-state index in [-0.39, 0.29) is 0 Å². The van der Waals surface area contributed by atoms with Crippen LogP contribution in [-0.4, -0.2) is 13.6 Å². The molecule has 19 heavy (non-hydrogen) atoms. The summed E-state index contributed by atoms with van der Waals surface area (Å²) in [7, 11) is 1.96. The maximum atomic E-state index is 6.10. The molecule has 0 fully saturated rings. The van der Waals surface area contributed by atoms with Gasteiger partial charge in [0.2, 0.25) is 0 Å². The number of hydrogen-bond donors (Lipinski definition) is 1. The smallest absolute Gasteiger partial charge is 0.0522 e. The van der Waals surface area contributed by atoms with E-state index in [1.54, 1.807) is 11.3 Å². The van der Waals surface area contributed by atoms with Gasteiger partial charge in [-0.15, -0.1) is 11.3 Å². The summed E-state index contributed by atoms with van der Waals surface area (Å²) in [5.74, 6) is 0. The molecule has 2 aromatic rings. The molecule has 0 saturated heterocycles. The van der Waals surface area contributed by atoms with Gasteiger partial charge in [-0.2, -0.15) is 0 Å². The lowest BCUT2D eigenvalue weighted by molar-refractivity contribution is 0.788. The normalized spacial score (nSPS) is 10.7. The standard InChI is InChI=1S/C15H19ClN2S/c1-3-18(11-14-5-4-8-19-14)15-7-6-13(16)9-12(15)10-17-2/h4-9,17H,3,10-11H2,1-2H3. The van der Waals surface area contributed by atoms with Crippen LogP contribution in [0.1, 0.15) is 17.4 Å². The Labute approximate surface area is 124 Å². The van der Waals surface area contributed by atoms with Crippen molar-refractivity contribution in [2.24, 2.45) is 0 Å². The third kappa shape index (κ3) is 3.72. The second kappa shape index (κ2) is 6.94. The zero-order valence-electron chi connectivity index (χ0n) is 11.3. The lowest BCUT2D eigenvalue weighted by Crippen LogP contribution is -2.23. The van der Waals surface area contributed by atoms with Crippen molar-refractivity contribution in [3.63, 3.8) is 0 Å². The van der Waals surface area contributed by atoms with Crippen molar-refractivity contribution in [1.82, 2.24) is 5.32 Å². The fourth-order valence-corrected chi connectivity index (χ4v) is 3.07. The first kappa shape index (κ1) is 14.4. The van der Waals surface area contributed by atoms with E-state index in [1.807, 2.05) is 19.2 Å². The Morgan fingerprint density at radius 1 is 1.32 bits per heavy atom. The molecule has 0 atom stereocenters. The lowest BCUT2D eigenvalue weighted by Gasteiger charge is -2.25. The van der Waals surface area contributed by atoms with Gasteiger partial charge in [0.05, 0.1) is 6.54 Å². The van der Waals surface area contributed by atoms with E-state index in [9.17, 15) is 0 Å². The monoisotopic (exact) mass is 294 g/mol. The van der Waals surface area contributed by atoms with E-state index in [0.717, 1.165) is 24.7 Å². The fraction of sp³-hybridized carbons (Fsp3) is 0.333. The van der Waals surface area contributed by atoms with Crippen LogP contribution in [0.25, 0.3) is 0 Å². The highest BCUT2D eigenvalue weighted by Gasteiger charge is 2.11. The molecule has 0 aliphatic rings. The summed E-state index contributed by atoms with van der Waals surface area (Å²) < 4.78 is 0. The molecule has 0 radical (unpaired) electrons. The molecule has 1 aromatic carbocycles. The van der Waals surface area contributed by atoms with Gasteiger partial charge < -0.3 is 10.2 Å². The number of rotatable bonds is 6. The molecule has 0 bridgehead atoms. The predicted molar refractivity (Wildman–Crippen MR) is 85.3 cm³/mol. The maximum Gasteiger partial charge on any atom is 0.0522 e. The van der Waals surface area contributed by atoms with Gasteiger partial charge in [0.25, 0.3) is 0 Å². The number of thiophene rings is 1. The van der Waals surface area contributed by atoms with Gasteiger partial charge in [-0.05, 0) is 49.2 Å². The molecule has 1 N–H and O–H groups in total. The minimum Gasteiger partial charge on any atom is -0.366 e. The number of hydrogen-bond acceptors (Lipinski definition) is 3. The van der Waals surface area contributed by atoms with Crippen molar-refractivity contribution in [3.8, 4) is 0 Å². The SMILES string of the molecule is CCN(Cc1cccs1)c1ccc(Cl)cc1CNC. The molecule has 2 rings (SSSR count).